The number of benzene rings is 1. The van der Waals surface area contributed by atoms with E-state index < -0.39 is 10.0 Å². The summed E-state index contributed by atoms with van der Waals surface area (Å²) in [5.41, 5.74) is 2.05. The Bertz CT molecular complexity index is 845. The topological polar surface area (TPSA) is 76.9 Å². The molecule has 0 fully saturated rings. The van der Waals surface area contributed by atoms with E-state index in [1.807, 2.05) is 26.2 Å². The second kappa shape index (κ2) is 9.01. The van der Waals surface area contributed by atoms with Gasteiger partial charge in [0.1, 0.15) is 5.82 Å². The second-order valence-electron chi connectivity index (χ2n) is 6.85. The van der Waals surface area contributed by atoms with Crippen LogP contribution in [0.5, 0.6) is 0 Å². The van der Waals surface area contributed by atoms with E-state index in [2.05, 4.69) is 33.3 Å². The number of hydrogen-bond donors (Lipinski definition) is 1. The first kappa shape index (κ1) is 20.9. The van der Waals surface area contributed by atoms with Crippen LogP contribution >= 0.6 is 11.8 Å². The van der Waals surface area contributed by atoms with Gasteiger partial charge in [-0.05, 0) is 55.7 Å². The summed E-state index contributed by atoms with van der Waals surface area (Å²) >= 11 is 1.58. The predicted molar refractivity (Wildman–Crippen MR) is 106 cm³/mol. The molecule has 0 aliphatic rings. The van der Waals surface area contributed by atoms with Crippen LogP contribution in [0.15, 0.2) is 28.3 Å². The predicted octanol–water partition coefficient (Wildman–Crippen LogP) is 3.18. The zero-order valence-corrected chi connectivity index (χ0v) is 17.7. The molecule has 0 aliphatic heterocycles. The van der Waals surface area contributed by atoms with Gasteiger partial charge in [0.2, 0.25) is 10.0 Å². The second-order valence-corrected chi connectivity index (χ2v) is 9.40. The average Bonchev–Trinajstić information content (AvgIpc) is 2.95. The molecule has 0 spiro atoms. The highest BCUT2D eigenvalue weighted by atomic mass is 32.2. The Morgan fingerprint density at radius 2 is 1.92 bits per heavy atom. The number of aromatic nitrogens is 3. The van der Waals surface area contributed by atoms with Crippen LogP contribution in [0.1, 0.15) is 37.2 Å². The van der Waals surface area contributed by atoms with Crippen molar-refractivity contribution in [2.75, 3.05) is 12.8 Å². The van der Waals surface area contributed by atoms with Crippen LogP contribution in [-0.2, 0) is 23.0 Å². The molecule has 0 bridgehead atoms. The Labute approximate surface area is 160 Å². The van der Waals surface area contributed by atoms with Gasteiger partial charge in [-0.3, -0.25) is 0 Å². The molecule has 0 radical (unpaired) electrons. The molecule has 1 aromatic carbocycles. The van der Waals surface area contributed by atoms with Crippen molar-refractivity contribution in [3.8, 4) is 0 Å². The van der Waals surface area contributed by atoms with E-state index in [0.29, 0.717) is 30.2 Å². The molecule has 0 aliphatic carbocycles. The summed E-state index contributed by atoms with van der Waals surface area (Å²) in [5, 5.41) is 9.39. The lowest BCUT2D eigenvalue weighted by Gasteiger charge is -2.12. The van der Waals surface area contributed by atoms with Gasteiger partial charge in [-0.25, -0.2) is 13.1 Å². The van der Waals surface area contributed by atoms with Gasteiger partial charge in [-0.15, -0.1) is 10.2 Å². The molecule has 0 unspecified atom stereocenters. The van der Waals surface area contributed by atoms with E-state index in [1.54, 1.807) is 23.9 Å². The number of thioether (sulfide) groups is 1. The Morgan fingerprint density at radius 1 is 1.19 bits per heavy atom. The molecule has 1 N–H and O–H groups in total. The molecule has 144 valence electrons. The van der Waals surface area contributed by atoms with Gasteiger partial charge in [-0.2, -0.15) is 0 Å². The summed E-state index contributed by atoms with van der Waals surface area (Å²) in [5.74, 6) is 1.41. The summed E-state index contributed by atoms with van der Waals surface area (Å²) in [7, 11) is -3.48. The van der Waals surface area contributed by atoms with Gasteiger partial charge in [-0.1, -0.05) is 31.7 Å². The summed E-state index contributed by atoms with van der Waals surface area (Å²) in [6.45, 7) is 9.44. The van der Waals surface area contributed by atoms with E-state index in [1.165, 1.54) is 0 Å². The Hall–Kier alpha value is -1.38. The standard InChI is InChI=1S/C18H28N4O2S2/c1-13(2)12-22-17(20-21-18(22)25-5)7-6-10-19-26(23,24)16-9-8-14(3)15(4)11-16/h8-9,11,13,19H,6-7,10,12H2,1-5H3. The molecule has 2 rings (SSSR count). The number of sulfonamides is 1. The summed E-state index contributed by atoms with van der Waals surface area (Å²) in [6, 6.07) is 5.19. The minimum atomic E-state index is -3.48. The Balaban J connectivity index is 1.96. The SMILES string of the molecule is CSc1nnc(CCCNS(=O)(=O)c2ccc(C)c(C)c2)n1CC(C)C. The molecule has 26 heavy (non-hydrogen) atoms. The largest absolute Gasteiger partial charge is 0.306 e. The first-order valence-electron chi connectivity index (χ1n) is 8.77. The maximum atomic E-state index is 12.4. The smallest absolute Gasteiger partial charge is 0.240 e. The molecular formula is C18H28N4O2S2. The summed E-state index contributed by atoms with van der Waals surface area (Å²) < 4.78 is 29.7. The van der Waals surface area contributed by atoms with Crippen molar-refractivity contribution in [1.29, 1.82) is 0 Å². The first-order valence-corrected chi connectivity index (χ1v) is 11.5. The lowest BCUT2D eigenvalue weighted by atomic mass is 10.1. The first-order chi connectivity index (χ1) is 12.2. The van der Waals surface area contributed by atoms with Crippen LogP contribution < -0.4 is 4.72 Å². The number of aryl methyl sites for hydroxylation is 3. The fraction of sp³-hybridized carbons (Fsp3) is 0.556. The van der Waals surface area contributed by atoms with Gasteiger partial charge in [0.25, 0.3) is 0 Å². The number of rotatable bonds is 9. The minimum Gasteiger partial charge on any atom is -0.306 e. The lowest BCUT2D eigenvalue weighted by molar-refractivity contribution is 0.477. The zero-order valence-electron chi connectivity index (χ0n) is 16.1. The van der Waals surface area contributed by atoms with Gasteiger partial charge in [0.05, 0.1) is 4.90 Å². The van der Waals surface area contributed by atoms with E-state index >= 15 is 0 Å². The fourth-order valence-corrected chi connectivity index (χ4v) is 4.30. The molecule has 0 saturated heterocycles. The van der Waals surface area contributed by atoms with Crippen LogP contribution in [0.2, 0.25) is 0 Å². The molecule has 8 heteroatoms. The molecule has 2 aromatic rings. The van der Waals surface area contributed by atoms with Gasteiger partial charge >= 0.3 is 0 Å². The monoisotopic (exact) mass is 396 g/mol. The lowest BCUT2D eigenvalue weighted by Crippen LogP contribution is -2.25. The summed E-state index contributed by atoms with van der Waals surface area (Å²) in [4.78, 5) is 0.313. The highest BCUT2D eigenvalue weighted by Crippen LogP contribution is 2.17. The van der Waals surface area contributed by atoms with Gasteiger partial charge < -0.3 is 4.57 Å². The van der Waals surface area contributed by atoms with Crippen LogP contribution in [-0.4, -0.2) is 36.0 Å². The van der Waals surface area contributed by atoms with Crippen molar-refractivity contribution < 1.29 is 8.42 Å². The van der Waals surface area contributed by atoms with Crippen LogP contribution in [0.25, 0.3) is 0 Å². The van der Waals surface area contributed by atoms with Crippen molar-refractivity contribution in [3.05, 3.63) is 35.2 Å². The molecule has 1 aromatic heterocycles. The van der Waals surface area contributed by atoms with E-state index in [4.69, 9.17) is 0 Å². The molecule has 0 amide bonds. The maximum absolute atomic E-state index is 12.4. The van der Waals surface area contributed by atoms with E-state index in [9.17, 15) is 8.42 Å². The molecular weight excluding hydrogens is 368 g/mol. The van der Waals surface area contributed by atoms with E-state index in [-0.39, 0.29) is 0 Å². The molecule has 6 nitrogen and oxygen atoms in total. The van der Waals surface area contributed by atoms with Crippen LogP contribution in [0, 0.1) is 19.8 Å². The quantitative estimate of drug-likeness (QED) is 0.520. The van der Waals surface area contributed by atoms with Crippen molar-refractivity contribution >= 4 is 21.8 Å². The van der Waals surface area contributed by atoms with Gasteiger partial charge in [0, 0.05) is 19.5 Å². The third kappa shape index (κ3) is 5.31. The normalized spacial score (nSPS) is 12.1. The summed E-state index contributed by atoms with van der Waals surface area (Å²) in [6.07, 6.45) is 3.35. The third-order valence-corrected chi connectivity index (χ3v) is 6.31. The zero-order chi connectivity index (χ0) is 19.3. The fourth-order valence-electron chi connectivity index (χ4n) is 2.62. The Morgan fingerprint density at radius 3 is 2.54 bits per heavy atom. The highest BCUT2D eigenvalue weighted by Gasteiger charge is 2.15. The molecule has 0 atom stereocenters. The van der Waals surface area contributed by atoms with E-state index in [0.717, 1.165) is 28.7 Å². The Kier molecular flexibility index (Phi) is 7.25. The third-order valence-electron chi connectivity index (χ3n) is 4.18. The number of hydrogen-bond acceptors (Lipinski definition) is 5. The van der Waals surface area contributed by atoms with Crippen molar-refractivity contribution in [3.63, 3.8) is 0 Å². The van der Waals surface area contributed by atoms with Crippen molar-refractivity contribution in [1.82, 2.24) is 19.5 Å². The molecule has 1 heterocycles. The van der Waals surface area contributed by atoms with Crippen molar-refractivity contribution in [2.24, 2.45) is 5.92 Å². The number of nitrogens with zero attached hydrogens (tertiary/aromatic N) is 3. The number of nitrogens with one attached hydrogen (secondary N) is 1. The minimum absolute atomic E-state index is 0.313. The van der Waals surface area contributed by atoms with Crippen molar-refractivity contribution in [2.45, 2.75) is 57.1 Å². The van der Waals surface area contributed by atoms with Crippen LogP contribution in [0.3, 0.4) is 0 Å². The highest BCUT2D eigenvalue weighted by molar-refractivity contribution is 7.98. The molecule has 0 saturated carbocycles. The van der Waals surface area contributed by atoms with Gasteiger partial charge in [0.15, 0.2) is 5.16 Å². The maximum Gasteiger partial charge on any atom is 0.240 e. The van der Waals surface area contributed by atoms with Crippen LogP contribution in [0.4, 0.5) is 0 Å². The average molecular weight is 397 g/mol.